The lowest BCUT2D eigenvalue weighted by Crippen LogP contribution is -2.16. The summed E-state index contributed by atoms with van der Waals surface area (Å²) < 4.78 is 61.3. The van der Waals surface area contributed by atoms with Gasteiger partial charge in [-0.25, -0.2) is 0 Å². The van der Waals surface area contributed by atoms with Crippen molar-refractivity contribution in [3.8, 4) is 11.8 Å². The molecule has 2 aromatic carbocycles. The molecule has 3 rings (SSSR count). The van der Waals surface area contributed by atoms with Crippen molar-refractivity contribution in [1.29, 1.82) is 0 Å². The summed E-state index contributed by atoms with van der Waals surface area (Å²) in [5.74, 6) is -0.435. The van der Waals surface area contributed by atoms with E-state index in [1.807, 2.05) is 20.8 Å². The Hall–Kier alpha value is -2.83. The Morgan fingerprint density at radius 1 is 0.788 bits per heavy atom. The van der Waals surface area contributed by atoms with Crippen LogP contribution in [-0.2, 0) is 20.2 Å². The molecule has 0 amide bonds. The molecule has 0 atom stereocenters. The first-order valence-corrected chi connectivity index (χ1v) is 13.6. The van der Waals surface area contributed by atoms with Crippen LogP contribution < -0.4 is 14.1 Å². The molecule has 0 aliphatic carbocycles. The van der Waals surface area contributed by atoms with E-state index in [-0.39, 0.29) is 14.9 Å². The lowest BCUT2D eigenvalue weighted by atomic mass is 10.2. The first kappa shape index (κ1) is 24.8. The molecule has 9 nitrogen and oxygen atoms in total. The Labute approximate surface area is 197 Å². The number of aromatic nitrogens is 2. The van der Waals surface area contributed by atoms with Crippen molar-refractivity contribution in [3.63, 3.8) is 0 Å². The molecule has 12 heteroatoms. The topological polar surface area (TPSA) is 139 Å². The first-order valence-electron chi connectivity index (χ1n) is 9.84. The van der Waals surface area contributed by atoms with Crippen LogP contribution in [0.4, 0.5) is 5.69 Å². The van der Waals surface area contributed by atoms with Crippen LogP contribution in [-0.4, -0.2) is 32.6 Å². The highest BCUT2D eigenvalue weighted by Gasteiger charge is 2.26. The Kier molecular flexibility index (Phi) is 7.50. The summed E-state index contributed by atoms with van der Waals surface area (Å²) in [7, 11) is -8.58. The molecule has 176 valence electrons. The highest BCUT2D eigenvalue weighted by atomic mass is 32.2. The molecule has 0 radical (unpaired) electrons. The number of hydrogen-bond acceptors (Lipinski definition) is 10. The molecule has 1 heterocycles. The predicted octanol–water partition coefficient (Wildman–Crippen LogP) is 3.71. The predicted molar refractivity (Wildman–Crippen MR) is 125 cm³/mol. The van der Waals surface area contributed by atoms with Gasteiger partial charge in [0.05, 0.1) is 0 Å². The van der Waals surface area contributed by atoms with Gasteiger partial charge in [0, 0.05) is 5.75 Å². The zero-order valence-electron chi connectivity index (χ0n) is 18.2. The third-order valence-electron chi connectivity index (χ3n) is 4.29. The summed E-state index contributed by atoms with van der Waals surface area (Å²) in [5.41, 5.74) is 7.26. The van der Waals surface area contributed by atoms with E-state index in [4.69, 9.17) is 14.1 Å². The van der Waals surface area contributed by atoms with E-state index < -0.39 is 37.7 Å². The third-order valence-corrected chi connectivity index (χ3v) is 7.79. The minimum absolute atomic E-state index is 0.0641. The lowest BCUT2D eigenvalue weighted by molar-refractivity contribution is 0.457. The molecular weight excluding hydrogens is 486 g/mol. The van der Waals surface area contributed by atoms with Gasteiger partial charge in [0.2, 0.25) is 0 Å². The molecule has 1 aromatic heterocycles. The maximum Gasteiger partial charge on any atom is 0.340 e. The van der Waals surface area contributed by atoms with Gasteiger partial charge in [0.15, 0.2) is 10.8 Å². The molecule has 0 aliphatic rings. The van der Waals surface area contributed by atoms with Crippen molar-refractivity contribution < 1.29 is 25.2 Å². The van der Waals surface area contributed by atoms with Crippen LogP contribution in [0.25, 0.3) is 0 Å². The summed E-state index contributed by atoms with van der Waals surface area (Å²) in [4.78, 5) is 7.91. The summed E-state index contributed by atoms with van der Waals surface area (Å²) in [6, 6.07) is 12.0. The number of nitrogens with zero attached hydrogens (tertiary/aromatic N) is 2. The maximum atomic E-state index is 12.7. The Morgan fingerprint density at radius 2 is 1.18 bits per heavy atom. The molecule has 0 spiro atoms. The molecule has 33 heavy (non-hydrogen) atoms. The summed E-state index contributed by atoms with van der Waals surface area (Å²) in [6.07, 6.45) is 0.772. The van der Waals surface area contributed by atoms with Gasteiger partial charge < -0.3 is 14.1 Å². The van der Waals surface area contributed by atoms with E-state index in [2.05, 4.69) is 9.97 Å². The number of hydrogen-bond donors (Lipinski definition) is 1. The quantitative estimate of drug-likeness (QED) is 0.258. The highest BCUT2D eigenvalue weighted by molar-refractivity contribution is 7.99. The van der Waals surface area contributed by atoms with Gasteiger partial charge in [-0.15, -0.1) is 0 Å². The normalized spacial score (nSPS) is 11.8. The number of benzene rings is 2. The molecule has 0 unspecified atom stereocenters. The number of rotatable bonds is 9. The van der Waals surface area contributed by atoms with Crippen molar-refractivity contribution in [2.24, 2.45) is 0 Å². The second kappa shape index (κ2) is 9.98. The van der Waals surface area contributed by atoms with Gasteiger partial charge in [-0.1, -0.05) is 54.1 Å². The van der Waals surface area contributed by atoms with E-state index in [1.54, 1.807) is 24.3 Å². The van der Waals surface area contributed by atoms with E-state index >= 15 is 0 Å². The monoisotopic (exact) mass is 509 g/mol. The fourth-order valence-electron chi connectivity index (χ4n) is 2.51. The second-order valence-corrected chi connectivity index (χ2v) is 11.2. The standard InChI is InChI=1S/C21H23N3O6S3/c1-4-13-31-21-23-19(29-32(25,26)16-9-5-14(2)6-10-16)18(22)20(24-21)30-33(27,28)17-11-7-15(3)8-12-17/h5-12H,4,13,22H2,1-3H3. The van der Waals surface area contributed by atoms with E-state index in [0.29, 0.717) is 5.75 Å². The first-order chi connectivity index (χ1) is 15.5. The van der Waals surface area contributed by atoms with Gasteiger partial charge in [0.25, 0.3) is 11.8 Å². The largest absolute Gasteiger partial charge is 0.390 e. The Balaban J connectivity index is 2.01. The van der Waals surface area contributed by atoms with Crippen LogP contribution in [0.1, 0.15) is 24.5 Å². The molecular formula is C21H23N3O6S3. The van der Waals surface area contributed by atoms with Crippen LogP contribution in [0.15, 0.2) is 63.5 Å². The number of thioether (sulfide) groups is 1. The average molecular weight is 510 g/mol. The van der Waals surface area contributed by atoms with Crippen molar-refractivity contribution in [2.45, 2.75) is 42.1 Å². The SMILES string of the molecule is CCCSc1nc(OS(=O)(=O)c2ccc(C)cc2)c(N)c(OS(=O)(=O)c2ccc(C)cc2)n1. The molecule has 0 aliphatic heterocycles. The molecule has 0 bridgehead atoms. The van der Waals surface area contributed by atoms with Gasteiger partial charge in [-0.05, 0) is 44.5 Å². The zero-order chi connectivity index (χ0) is 24.2. The smallest absolute Gasteiger partial charge is 0.340 e. The molecule has 2 N–H and O–H groups in total. The minimum atomic E-state index is -4.29. The third kappa shape index (κ3) is 6.15. The van der Waals surface area contributed by atoms with Crippen molar-refractivity contribution >= 4 is 37.7 Å². The highest BCUT2D eigenvalue weighted by Crippen LogP contribution is 2.34. The Morgan fingerprint density at radius 3 is 1.55 bits per heavy atom. The average Bonchev–Trinajstić information content (AvgIpc) is 2.75. The number of anilines is 1. The van der Waals surface area contributed by atoms with E-state index in [1.165, 1.54) is 36.0 Å². The van der Waals surface area contributed by atoms with Crippen LogP contribution in [0, 0.1) is 13.8 Å². The minimum Gasteiger partial charge on any atom is -0.390 e. The van der Waals surface area contributed by atoms with Crippen LogP contribution >= 0.6 is 11.8 Å². The van der Waals surface area contributed by atoms with Gasteiger partial charge >= 0.3 is 20.2 Å². The van der Waals surface area contributed by atoms with Crippen molar-refractivity contribution in [3.05, 3.63) is 59.7 Å². The number of nitrogens with two attached hydrogens (primary N) is 1. The van der Waals surface area contributed by atoms with Gasteiger partial charge in [0.1, 0.15) is 9.79 Å². The zero-order valence-corrected chi connectivity index (χ0v) is 20.6. The van der Waals surface area contributed by atoms with Crippen LogP contribution in [0.2, 0.25) is 0 Å². The summed E-state index contributed by atoms with van der Waals surface area (Å²) >= 11 is 1.18. The number of nitrogen functional groups attached to an aromatic ring is 1. The summed E-state index contributed by atoms with van der Waals surface area (Å²) in [6.45, 7) is 5.56. The number of aryl methyl sites for hydroxylation is 2. The fourth-order valence-corrected chi connectivity index (χ4v) is 4.99. The maximum absolute atomic E-state index is 12.7. The van der Waals surface area contributed by atoms with Crippen LogP contribution in [0.5, 0.6) is 11.8 Å². The van der Waals surface area contributed by atoms with Crippen molar-refractivity contribution in [1.82, 2.24) is 9.97 Å². The Bertz CT molecular complexity index is 1240. The molecule has 0 saturated carbocycles. The van der Waals surface area contributed by atoms with Crippen LogP contribution in [0.3, 0.4) is 0 Å². The summed E-state index contributed by atoms with van der Waals surface area (Å²) in [5, 5.41) is 0.0641. The van der Waals surface area contributed by atoms with E-state index in [0.717, 1.165) is 17.5 Å². The molecule has 0 saturated heterocycles. The lowest BCUT2D eigenvalue weighted by Gasteiger charge is -2.13. The van der Waals surface area contributed by atoms with Gasteiger partial charge in [-0.3, -0.25) is 0 Å². The molecule has 0 fully saturated rings. The van der Waals surface area contributed by atoms with Crippen molar-refractivity contribution in [2.75, 3.05) is 11.5 Å². The fraction of sp³-hybridized carbons (Fsp3) is 0.238. The van der Waals surface area contributed by atoms with Gasteiger partial charge in [-0.2, -0.15) is 26.8 Å². The van der Waals surface area contributed by atoms with E-state index in [9.17, 15) is 16.8 Å². The second-order valence-electron chi connectivity index (χ2n) is 7.08. The molecule has 3 aromatic rings.